The summed E-state index contributed by atoms with van der Waals surface area (Å²) in [6.45, 7) is 1.47. The summed E-state index contributed by atoms with van der Waals surface area (Å²) in [5.74, 6) is -1.10. The van der Waals surface area contributed by atoms with Gasteiger partial charge in [0.25, 0.3) is 0 Å². The van der Waals surface area contributed by atoms with Crippen LogP contribution in [0.15, 0.2) is 6.07 Å². The fraction of sp³-hybridized carbons (Fsp3) is 0.444. The third kappa shape index (κ3) is 2.77. The van der Waals surface area contributed by atoms with Gasteiger partial charge in [-0.2, -0.15) is 0 Å². The maximum Gasteiger partial charge on any atom is 0.246 e. The van der Waals surface area contributed by atoms with Gasteiger partial charge in [0, 0.05) is 12.1 Å². The molecule has 1 aromatic heterocycles. The van der Waals surface area contributed by atoms with Crippen molar-refractivity contribution < 1.29 is 8.78 Å². The van der Waals surface area contributed by atoms with Gasteiger partial charge in [-0.05, 0) is 18.6 Å². The van der Waals surface area contributed by atoms with Gasteiger partial charge in [0.05, 0.1) is 5.92 Å². The third-order valence-electron chi connectivity index (χ3n) is 2.12. The predicted molar refractivity (Wildman–Crippen MR) is 56.8 cm³/mol. The summed E-state index contributed by atoms with van der Waals surface area (Å²) in [7, 11) is 0. The highest BCUT2D eigenvalue weighted by Crippen LogP contribution is 2.31. The minimum Gasteiger partial charge on any atom is -0.330 e. The molecule has 1 unspecified atom stereocenters. The molecule has 6 heteroatoms. The van der Waals surface area contributed by atoms with Crippen LogP contribution >= 0.6 is 23.2 Å². The standard InChI is InChI=1S/C9H10Cl2F2N2/c1-4-2-6(10)15-8(11)7(4)5(3-14)9(12)13/h2,5,9H,3,14H2,1H3. The van der Waals surface area contributed by atoms with Crippen LogP contribution in [-0.2, 0) is 0 Å². The second-order valence-corrected chi connectivity index (χ2v) is 3.89. The highest BCUT2D eigenvalue weighted by molar-refractivity contribution is 6.33. The zero-order valence-electron chi connectivity index (χ0n) is 7.98. The molecule has 0 saturated heterocycles. The number of pyridine rings is 1. The first-order valence-corrected chi connectivity index (χ1v) is 5.03. The Morgan fingerprint density at radius 2 is 2.07 bits per heavy atom. The molecule has 0 aliphatic rings. The zero-order valence-corrected chi connectivity index (χ0v) is 9.49. The number of nitrogens with zero attached hydrogens (tertiary/aromatic N) is 1. The number of halogens is 4. The molecule has 0 aliphatic carbocycles. The molecule has 0 amide bonds. The largest absolute Gasteiger partial charge is 0.330 e. The first kappa shape index (κ1) is 12.6. The van der Waals surface area contributed by atoms with E-state index in [4.69, 9.17) is 28.9 Å². The second-order valence-electron chi connectivity index (χ2n) is 3.14. The second kappa shape index (κ2) is 5.05. The summed E-state index contributed by atoms with van der Waals surface area (Å²) in [5.41, 5.74) is 6.14. The van der Waals surface area contributed by atoms with Crippen LogP contribution < -0.4 is 5.73 Å². The molecule has 1 atom stereocenters. The van der Waals surface area contributed by atoms with Crippen LogP contribution in [0.3, 0.4) is 0 Å². The van der Waals surface area contributed by atoms with Crippen molar-refractivity contribution in [2.45, 2.75) is 19.3 Å². The van der Waals surface area contributed by atoms with Gasteiger partial charge < -0.3 is 5.73 Å². The molecule has 84 valence electrons. The molecule has 1 aromatic rings. The van der Waals surface area contributed by atoms with E-state index in [1.165, 1.54) is 6.07 Å². The molecule has 2 nitrogen and oxygen atoms in total. The van der Waals surface area contributed by atoms with Crippen molar-refractivity contribution in [1.29, 1.82) is 0 Å². The minimum atomic E-state index is -2.56. The molecule has 2 N–H and O–H groups in total. The summed E-state index contributed by atoms with van der Waals surface area (Å²) in [6.07, 6.45) is -2.56. The van der Waals surface area contributed by atoms with Crippen molar-refractivity contribution in [3.63, 3.8) is 0 Å². The van der Waals surface area contributed by atoms with Crippen LogP contribution in [0.2, 0.25) is 10.3 Å². The fourth-order valence-electron chi connectivity index (χ4n) is 1.40. The van der Waals surface area contributed by atoms with Crippen molar-refractivity contribution in [2.75, 3.05) is 6.54 Å². The summed E-state index contributed by atoms with van der Waals surface area (Å²) < 4.78 is 25.3. The Morgan fingerprint density at radius 3 is 2.47 bits per heavy atom. The van der Waals surface area contributed by atoms with Crippen molar-refractivity contribution in [3.8, 4) is 0 Å². The zero-order chi connectivity index (χ0) is 11.6. The Morgan fingerprint density at radius 1 is 1.47 bits per heavy atom. The first-order valence-electron chi connectivity index (χ1n) is 4.28. The van der Waals surface area contributed by atoms with Gasteiger partial charge in [0.2, 0.25) is 6.43 Å². The van der Waals surface area contributed by atoms with E-state index >= 15 is 0 Å². The van der Waals surface area contributed by atoms with Crippen LogP contribution in [0.25, 0.3) is 0 Å². The average Bonchev–Trinajstić information content (AvgIpc) is 2.09. The molecule has 0 bridgehead atoms. The van der Waals surface area contributed by atoms with Gasteiger partial charge in [0.1, 0.15) is 10.3 Å². The molecular weight excluding hydrogens is 245 g/mol. The molecule has 0 spiro atoms. The monoisotopic (exact) mass is 254 g/mol. The minimum absolute atomic E-state index is 0.00394. The smallest absolute Gasteiger partial charge is 0.246 e. The van der Waals surface area contributed by atoms with E-state index in [-0.39, 0.29) is 22.4 Å². The van der Waals surface area contributed by atoms with Gasteiger partial charge in [0.15, 0.2) is 0 Å². The number of alkyl halides is 2. The Bertz CT molecular complexity index is 335. The molecule has 0 fully saturated rings. The van der Waals surface area contributed by atoms with Crippen molar-refractivity contribution in [1.82, 2.24) is 4.98 Å². The Hall–Kier alpha value is -0.450. The SMILES string of the molecule is Cc1cc(Cl)nc(Cl)c1C(CN)C(F)F. The van der Waals surface area contributed by atoms with E-state index in [1.54, 1.807) is 6.92 Å². The van der Waals surface area contributed by atoms with Gasteiger partial charge in [-0.3, -0.25) is 0 Å². The van der Waals surface area contributed by atoms with E-state index in [2.05, 4.69) is 4.98 Å². The summed E-state index contributed by atoms with van der Waals surface area (Å²) >= 11 is 11.4. The van der Waals surface area contributed by atoms with Gasteiger partial charge in [-0.25, -0.2) is 13.8 Å². The van der Waals surface area contributed by atoms with E-state index < -0.39 is 12.3 Å². The first-order chi connectivity index (χ1) is 6.97. The van der Waals surface area contributed by atoms with Crippen molar-refractivity contribution in [3.05, 3.63) is 27.5 Å². The highest BCUT2D eigenvalue weighted by atomic mass is 35.5. The number of nitrogens with two attached hydrogens (primary N) is 1. The van der Waals surface area contributed by atoms with Crippen LogP contribution in [0.4, 0.5) is 8.78 Å². The Labute approximate surface area is 96.4 Å². The van der Waals surface area contributed by atoms with Crippen LogP contribution in [-0.4, -0.2) is 18.0 Å². The average molecular weight is 255 g/mol. The highest BCUT2D eigenvalue weighted by Gasteiger charge is 2.25. The summed E-state index contributed by atoms with van der Waals surface area (Å²) in [5, 5.41) is 0.182. The fourth-order valence-corrected chi connectivity index (χ4v) is 2.07. The molecule has 15 heavy (non-hydrogen) atoms. The molecule has 1 rings (SSSR count). The maximum absolute atomic E-state index is 12.6. The number of rotatable bonds is 3. The van der Waals surface area contributed by atoms with E-state index in [9.17, 15) is 8.78 Å². The van der Waals surface area contributed by atoms with Crippen molar-refractivity contribution >= 4 is 23.2 Å². The summed E-state index contributed by atoms with van der Waals surface area (Å²) in [6, 6.07) is 1.49. The molecular formula is C9H10Cl2F2N2. The number of hydrogen-bond donors (Lipinski definition) is 1. The lowest BCUT2D eigenvalue weighted by Gasteiger charge is -2.17. The van der Waals surface area contributed by atoms with E-state index in [0.717, 1.165) is 0 Å². The van der Waals surface area contributed by atoms with Gasteiger partial charge in [-0.15, -0.1) is 0 Å². The lowest BCUT2D eigenvalue weighted by Crippen LogP contribution is -2.21. The van der Waals surface area contributed by atoms with E-state index in [0.29, 0.717) is 5.56 Å². The van der Waals surface area contributed by atoms with Crippen LogP contribution in [0.5, 0.6) is 0 Å². The van der Waals surface area contributed by atoms with Gasteiger partial charge >= 0.3 is 0 Å². The van der Waals surface area contributed by atoms with Crippen LogP contribution in [0, 0.1) is 6.92 Å². The molecule has 0 radical (unpaired) electrons. The summed E-state index contributed by atoms with van der Waals surface area (Å²) in [4.78, 5) is 3.73. The quantitative estimate of drug-likeness (QED) is 0.843. The third-order valence-corrected chi connectivity index (χ3v) is 2.60. The van der Waals surface area contributed by atoms with Crippen LogP contribution in [0.1, 0.15) is 17.0 Å². The van der Waals surface area contributed by atoms with Crippen molar-refractivity contribution in [2.24, 2.45) is 5.73 Å². The van der Waals surface area contributed by atoms with Gasteiger partial charge in [-0.1, -0.05) is 23.2 Å². The molecule has 0 aliphatic heterocycles. The Balaban J connectivity index is 3.23. The maximum atomic E-state index is 12.6. The molecule has 0 aromatic carbocycles. The number of aryl methyl sites for hydroxylation is 1. The molecule has 0 saturated carbocycles. The predicted octanol–water partition coefficient (Wildman–Crippen LogP) is 3.00. The normalized spacial score (nSPS) is 13.3. The molecule has 1 heterocycles. The number of aromatic nitrogens is 1. The topological polar surface area (TPSA) is 38.9 Å². The Kier molecular flexibility index (Phi) is 4.25. The number of hydrogen-bond acceptors (Lipinski definition) is 2. The lowest BCUT2D eigenvalue weighted by atomic mass is 9.97. The van der Waals surface area contributed by atoms with E-state index in [1.807, 2.05) is 0 Å². The lowest BCUT2D eigenvalue weighted by molar-refractivity contribution is 0.116.